The molecule has 0 saturated carbocycles. The molecule has 2 aromatic rings. The maximum Gasteiger partial charge on any atom is 0.337 e. The molecule has 0 unspecified atom stereocenters. The Bertz CT molecular complexity index is 698. The van der Waals surface area contributed by atoms with Gasteiger partial charge in [0.15, 0.2) is 11.5 Å². The molecular weight excluding hydrogens is 284 g/mol. The highest BCUT2D eigenvalue weighted by Crippen LogP contribution is 2.26. The van der Waals surface area contributed by atoms with Crippen LogP contribution in [-0.4, -0.2) is 31.5 Å². The van der Waals surface area contributed by atoms with Crippen LogP contribution < -0.4 is 14.9 Å². The molecule has 0 fully saturated rings. The van der Waals surface area contributed by atoms with Crippen molar-refractivity contribution in [1.82, 2.24) is 0 Å². The summed E-state index contributed by atoms with van der Waals surface area (Å²) in [6.07, 6.45) is 1.57. The molecule has 2 N–H and O–H groups in total. The van der Waals surface area contributed by atoms with Crippen molar-refractivity contribution in [2.45, 2.75) is 0 Å². The van der Waals surface area contributed by atoms with E-state index in [0.29, 0.717) is 17.2 Å². The van der Waals surface area contributed by atoms with Gasteiger partial charge in [0.1, 0.15) is 0 Å². The van der Waals surface area contributed by atoms with E-state index in [-0.39, 0.29) is 5.56 Å². The van der Waals surface area contributed by atoms with E-state index in [9.17, 15) is 4.79 Å². The number of carbonyl (C=O) groups is 1. The average molecular weight is 300 g/mol. The molecule has 0 bridgehead atoms. The standard InChI is InChI=1S/C16H16N2O4/c1-21-14-8-7-11(9-15(14)22-2)10-17-18-13-6-4-3-5-12(13)16(19)20/h3-10,18H,1-2H3,(H,19,20)/b17-10+. The van der Waals surface area contributed by atoms with Crippen molar-refractivity contribution >= 4 is 17.9 Å². The Hall–Kier alpha value is -3.02. The monoisotopic (exact) mass is 300 g/mol. The second kappa shape index (κ2) is 7.12. The maximum atomic E-state index is 11.1. The molecule has 2 aromatic carbocycles. The first-order chi connectivity index (χ1) is 10.7. The van der Waals surface area contributed by atoms with E-state index in [4.69, 9.17) is 14.6 Å². The molecule has 2 rings (SSSR count). The number of carboxylic acids is 1. The van der Waals surface area contributed by atoms with Gasteiger partial charge in [0, 0.05) is 0 Å². The summed E-state index contributed by atoms with van der Waals surface area (Å²) in [6, 6.07) is 11.9. The number of benzene rings is 2. The highest BCUT2D eigenvalue weighted by Gasteiger charge is 2.07. The Morgan fingerprint density at radius 3 is 2.55 bits per heavy atom. The molecule has 0 aliphatic heterocycles. The first-order valence-electron chi connectivity index (χ1n) is 6.49. The molecule has 0 aromatic heterocycles. The largest absolute Gasteiger partial charge is 0.493 e. The number of aromatic carboxylic acids is 1. The van der Waals surface area contributed by atoms with E-state index in [0.717, 1.165) is 5.56 Å². The summed E-state index contributed by atoms with van der Waals surface area (Å²) in [5, 5.41) is 13.1. The molecule has 114 valence electrons. The Kier molecular flexibility index (Phi) is 4.98. The summed E-state index contributed by atoms with van der Waals surface area (Å²) in [6.45, 7) is 0. The Labute approximate surface area is 128 Å². The number of carboxylic acid groups (broad SMARTS) is 1. The van der Waals surface area contributed by atoms with Crippen LogP contribution in [0, 0.1) is 0 Å². The van der Waals surface area contributed by atoms with Crippen LogP contribution in [0.1, 0.15) is 15.9 Å². The normalized spacial score (nSPS) is 10.5. The molecule has 0 spiro atoms. The number of nitrogens with one attached hydrogen (secondary N) is 1. The summed E-state index contributed by atoms with van der Waals surface area (Å²) in [4.78, 5) is 11.1. The fourth-order valence-corrected chi connectivity index (χ4v) is 1.88. The van der Waals surface area contributed by atoms with Crippen LogP contribution in [-0.2, 0) is 0 Å². The number of methoxy groups -OCH3 is 2. The molecule has 0 radical (unpaired) electrons. The van der Waals surface area contributed by atoms with Gasteiger partial charge in [-0.2, -0.15) is 5.10 Å². The highest BCUT2D eigenvalue weighted by molar-refractivity contribution is 5.94. The van der Waals surface area contributed by atoms with Gasteiger partial charge in [-0.15, -0.1) is 0 Å². The smallest absolute Gasteiger partial charge is 0.337 e. The number of ether oxygens (including phenoxy) is 2. The van der Waals surface area contributed by atoms with Gasteiger partial charge < -0.3 is 14.6 Å². The Morgan fingerprint density at radius 2 is 1.86 bits per heavy atom. The van der Waals surface area contributed by atoms with Gasteiger partial charge in [-0.3, -0.25) is 5.43 Å². The second-order valence-electron chi connectivity index (χ2n) is 4.34. The van der Waals surface area contributed by atoms with E-state index in [1.54, 1.807) is 50.8 Å². The predicted octanol–water partition coefficient (Wildman–Crippen LogP) is 2.85. The summed E-state index contributed by atoms with van der Waals surface area (Å²) in [5.41, 5.74) is 4.10. The zero-order valence-electron chi connectivity index (χ0n) is 12.2. The van der Waals surface area contributed by atoms with Crippen molar-refractivity contribution in [2.75, 3.05) is 19.6 Å². The van der Waals surface area contributed by atoms with Crippen LogP contribution in [0.15, 0.2) is 47.6 Å². The van der Waals surface area contributed by atoms with E-state index in [2.05, 4.69) is 10.5 Å². The third-order valence-corrected chi connectivity index (χ3v) is 2.96. The van der Waals surface area contributed by atoms with Gasteiger partial charge in [0.25, 0.3) is 0 Å². The minimum Gasteiger partial charge on any atom is -0.493 e. The van der Waals surface area contributed by atoms with Gasteiger partial charge in [-0.25, -0.2) is 4.79 Å². The van der Waals surface area contributed by atoms with Crippen molar-refractivity contribution in [2.24, 2.45) is 5.10 Å². The number of anilines is 1. The van der Waals surface area contributed by atoms with Crippen LogP contribution in [0.4, 0.5) is 5.69 Å². The second-order valence-corrected chi connectivity index (χ2v) is 4.34. The van der Waals surface area contributed by atoms with Crippen molar-refractivity contribution < 1.29 is 19.4 Å². The van der Waals surface area contributed by atoms with Crippen LogP contribution in [0.5, 0.6) is 11.5 Å². The van der Waals surface area contributed by atoms with Crippen molar-refractivity contribution in [1.29, 1.82) is 0 Å². The Balaban J connectivity index is 2.15. The topological polar surface area (TPSA) is 80.2 Å². The average Bonchev–Trinajstić information content (AvgIpc) is 2.55. The molecule has 0 aliphatic rings. The fourth-order valence-electron chi connectivity index (χ4n) is 1.88. The summed E-state index contributed by atoms with van der Waals surface area (Å²) < 4.78 is 10.4. The molecule has 22 heavy (non-hydrogen) atoms. The maximum absolute atomic E-state index is 11.1. The van der Waals surface area contributed by atoms with Crippen molar-refractivity contribution in [3.63, 3.8) is 0 Å². The quantitative estimate of drug-likeness (QED) is 0.633. The first kappa shape index (κ1) is 15.4. The zero-order chi connectivity index (χ0) is 15.9. The lowest BCUT2D eigenvalue weighted by molar-refractivity contribution is 0.0698. The predicted molar refractivity (Wildman–Crippen MR) is 84.2 cm³/mol. The van der Waals surface area contributed by atoms with Crippen LogP contribution in [0.2, 0.25) is 0 Å². The van der Waals surface area contributed by atoms with E-state index in [1.807, 2.05) is 6.07 Å². The van der Waals surface area contributed by atoms with Gasteiger partial charge in [0.05, 0.1) is 31.7 Å². The summed E-state index contributed by atoms with van der Waals surface area (Å²) >= 11 is 0. The van der Waals surface area contributed by atoms with Gasteiger partial charge >= 0.3 is 5.97 Å². The number of hydrogen-bond donors (Lipinski definition) is 2. The number of hydrogen-bond acceptors (Lipinski definition) is 5. The minimum atomic E-state index is -1.01. The number of rotatable bonds is 6. The number of para-hydroxylation sites is 1. The van der Waals surface area contributed by atoms with Crippen molar-refractivity contribution in [3.8, 4) is 11.5 Å². The third-order valence-electron chi connectivity index (χ3n) is 2.96. The van der Waals surface area contributed by atoms with E-state index >= 15 is 0 Å². The summed E-state index contributed by atoms with van der Waals surface area (Å²) in [7, 11) is 3.12. The zero-order valence-corrected chi connectivity index (χ0v) is 12.2. The van der Waals surface area contributed by atoms with Gasteiger partial charge in [-0.1, -0.05) is 12.1 Å². The molecule has 6 nitrogen and oxygen atoms in total. The Morgan fingerprint density at radius 1 is 1.14 bits per heavy atom. The minimum absolute atomic E-state index is 0.159. The fraction of sp³-hybridized carbons (Fsp3) is 0.125. The van der Waals surface area contributed by atoms with Crippen LogP contribution in [0.25, 0.3) is 0 Å². The van der Waals surface area contributed by atoms with E-state index < -0.39 is 5.97 Å². The third kappa shape index (κ3) is 3.54. The molecule has 0 amide bonds. The highest BCUT2D eigenvalue weighted by atomic mass is 16.5. The number of nitrogens with zero attached hydrogens (tertiary/aromatic N) is 1. The number of hydrazone groups is 1. The lowest BCUT2D eigenvalue weighted by atomic mass is 10.2. The molecular formula is C16H16N2O4. The lowest BCUT2D eigenvalue weighted by Crippen LogP contribution is -2.02. The molecule has 6 heteroatoms. The van der Waals surface area contributed by atoms with Gasteiger partial charge in [0.2, 0.25) is 0 Å². The molecule has 0 aliphatic carbocycles. The van der Waals surface area contributed by atoms with Crippen LogP contribution in [0.3, 0.4) is 0 Å². The first-order valence-corrected chi connectivity index (χ1v) is 6.49. The van der Waals surface area contributed by atoms with Crippen molar-refractivity contribution in [3.05, 3.63) is 53.6 Å². The molecule has 0 saturated heterocycles. The SMILES string of the molecule is COc1ccc(/C=N/Nc2ccccc2C(=O)O)cc1OC. The van der Waals surface area contributed by atoms with E-state index in [1.165, 1.54) is 6.07 Å². The molecule has 0 atom stereocenters. The van der Waals surface area contributed by atoms with Crippen LogP contribution >= 0.6 is 0 Å². The lowest BCUT2D eigenvalue weighted by Gasteiger charge is -2.07. The molecule has 0 heterocycles. The summed E-state index contributed by atoms with van der Waals surface area (Å²) in [5.74, 6) is 0.214. The van der Waals surface area contributed by atoms with Gasteiger partial charge in [-0.05, 0) is 35.9 Å².